The van der Waals surface area contributed by atoms with E-state index in [9.17, 15) is 0 Å². The fraction of sp³-hybridized carbons (Fsp3) is 0.357. The van der Waals surface area contributed by atoms with Crippen molar-refractivity contribution < 1.29 is 9.26 Å². The zero-order valence-electron chi connectivity index (χ0n) is 11.4. The Labute approximate surface area is 135 Å². The van der Waals surface area contributed by atoms with Crippen LogP contribution in [0.4, 0.5) is 0 Å². The van der Waals surface area contributed by atoms with Crippen molar-refractivity contribution in [3.8, 4) is 5.75 Å². The molecule has 1 heterocycles. The zero-order valence-corrected chi connectivity index (χ0v) is 14.5. The van der Waals surface area contributed by atoms with Gasteiger partial charge in [-0.2, -0.15) is 0 Å². The third-order valence-corrected chi connectivity index (χ3v) is 3.83. The van der Waals surface area contributed by atoms with Crippen LogP contribution in [0.5, 0.6) is 5.75 Å². The maximum atomic E-state index is 5.56. The van der Waals surface area contributed by atoms with Gasteiger partial charge in [0, 0.05) is 12.6 Å². The Morgan fingerprint density at radius 1 is 1.20 bits per heavy atom. The minimum atomic E-state index is 0.639. The quantitative estimate of drug-likeness (QED) is 0.785. The molecule has 20 heavy (non-hydrogen) atoms. The Hall–Kier alpha value is -0.850. The standard InChI is InChI=1S/C14H16Br2N2O2/c1-3-19-14-12(15)5-10(6-13(14)16)7-17-8-11-4-9(2)18-20-11/h4-6,17H,3,7-8H2,1-2H3. The molecular formula is C14H16Br2N2O2. The van der Waals surface area contributed by atoms with Crippen molar-refractivity contribution in [1.29, 1.82) is 0 Å². The minimum absolute atomic E-state index is 0.639. The molecule has 4 nitrogen and oxygen atoms in total. The maximum Gasteiger partial charge on any atom is 0.150 e. The van der Waals surface area contributed by atoms with Crippen LogP contribution < -0.4 is 10.1 Å². The Morgan fingerprint density at radius 3 is 2.45 bits per heavy atom. The molecule has 6 heteroatoms. The molecule has 0 aliphatic rings. The first-order chi connectivity index (χ1) is 9.60. The molecule has 0 amide bonds. The normalized spacial score (nSPS) is 10.8. The molecule has 0 radical (unpaired) electrons. The number of ether oxygens (including phenoxy) is 1. The monoisotopic (exact) mass is 402 g/mol. The molecule has 0 aliphatic carbocycles. The van der Waals surface area contributed by atoms with Gasteiger partial charge in [0.05, 0.1) is 27.8 Å². The van der Waals surface area contributed by atoms with E-state index in [0.29, 0.717) is 13.2 Å². The molecule has 0 saturated carbocycles. The lowest BCUT2D eigenvalue weighted by molar-refractivity contribution is 0.335. The van der Waals surface area contributed by atoms with Crippen molar-refractivity contribution in [3.63, 3.8) is 0 Å². The predicted molar refractivity (Wildman–Crippen MR) is 84.8 cm³/mol. The zero-order chi connectivity index (χ0) is 14.5. The van der Waals surface area contributed by atoms with Crippen LogP contribution in [-0.2, 0) is 13.1 Å². The molecule has 1 N–H and O–H groups in total. The molecule has 2 rings (SSSR count). The molecule has 0 fully saturated rings. The van der Waals surface area contributed by atoms with Crippen molar-refractivity contribution in [1.82, 2.24) is 10.5 Å². The molecule has 0 aliphatic heterocycles. The van der Waals surface area contributed by atoms with E-state index < -0.39 is 0 Å². The minimum Gasteiger partial charge on any atom is -0.492 e. The van der Waals surface area contributed by atoms with Gasteiger partial charge in [0.2, 0.25) is 0 Å². The van der Waals surface area contributed by atoms with Crippen molar-refractivity contribution in [2.75, 3.05) is 6.61 Å². The van der Waals surface area contributed by atoms with E-state index in [1.807, 2.05) is 32.0 Å². The Bertz CT molecular complexity index is 561. The van der Waals surface area contributed by atoms with Crippen LogP contribution in [0.1, 0.15) is 23.9 Å². The van der Waals surface area contributed by atoms with Crippen molar-refractivity contribution >= 4 is 31.9 Å². The number of hydrogen-bond acceptors (Lipinski definition) is 4. The number of nitrogens with zero attached hydrogens (tertiary/aromatic N) is 1. The number of benzene rings is 1. The second-order valence-electron chi connectivity index (χ2n) is 4.36. The summed E-state index contributed by atoms with van der Waals surface area (Å²) in [6, 6.07) is 6.03. The van der Waals surface area contributed by atoms with E-state index in [2.05, 4.69) is 42.3 Å². The molecule has 0 atom stereocenters. The van der Waals surface area contributed by atoms with Crippen molar-refractivity contribution in [3.05, 3.63) is 44.2 Å². The lowest BCUT2D eigenvalue weighted by Crippen LogP contribution is -2.12. The van der Waals surface area contributed by atoms with Gasteiger partial charge in [-0.1, -0.05) is 5.16 Å². The first-order valence-electron chi connectivity index (χ1n) is 6.33. The SMILES string of the molecule is CCOc1c(Br)cc(CNCc2cc(C)no2)cc1Br. The summed E-state index contributed by atoms with van der Waals surface area (Å²) in [4.78, 5) is 0. The first kappa shape index (κ1) is 15.5. The van der Waals surface area contributed by atoms with Crippen LogP contribution in [0.3, 0.4) is 0 Å². The summed E-state index contributed by atoms with van der Waals surface area (Å²) in [5.74, 6) is 1.67. The topological polar surface area (TPSA) is 47.3 Å². The second kappa shape index (κ2) is 7.24. The summed E-state index contributed by atoms with van der Waals surface area (Å²) in [5.41, 5.74) is 2.05. The molecule has 108 valence electrons. The number of aromatic nitrogens is 1. The molecule has 0 unspecified atom stereocenters. The van der Waals surface area contributed by atoms with E-state index in [1.54, 1.807) is 0 Å². The predicted octanol–water partition coefficient (Wildman–Crippen LogP) is 4.20. The van der Waals surface area contributed by atoms with Crippen molar-refractivity contribution in [2.24, 2.45) is 0 Å². The number of hydrogen-bond donors (Lipinski definition) is 1. The summed E-state index contributed by atoms with van der Waals surface area (Å²) in [5, 5.41) is 7.18. The average Bonchev–Trinajstić information content (AvgIpc) is 2.80. The van der Waals surface area contributed by atoms with E-state index in [-0.39, 0.29) is 0 Å². The van der Waals surface area contributed by atoms with Gasteiger partial charge in [0.25, 0.3) is 0 Å². The van der Waals surface area contributed by atoms with Crippen LogP contribution in [0.25, 0.3) is 0 Å². The van der Waals surface area contributed by atoms with Crippen LogP contribution in [0, 0.1) is 6.92 Å². The highest BCUT2D eigenvalue weighted by Crippen LogP contribution is 2.34. The smallest absolute Gasteiger partial charge is 0.150 e. The van der Waals surface area contributed by atoms with E-state index in [4.69, 9.17) is 9.26 Å². The van der Waals surface area contributed by atoms with Gasteiger partial charge in [-0.15, -0.1) is 0 Å². The highest BCUT2D eigenvalue weighted by atomic mass is 79.9. The Balaban J connectivity index is 1.96. The molecule has 0 spiro atoms. The fourth-order valence-corrected chi connectivity index (χ4v) is 3.34. The third-order valence-electron chi connectivity index (χ3n) is 2.65. The van der Waals surface area contributed by atoms with E-state index in [0.717, 1.165) is 38.3 Å². The maximum absolute atomic E-state index is 5.56. The number of aryl methyl sites for hydroxylation is 1. The second-order valence-corrected chi connectivity index (χ2v) is 6.07. The molecule has 0 saturated heterocycles. The molecule has 1 aromatic carbocycles. The van der Waals surface area contributed by atoms with Gasteiger partial charge in [0.1, 0.15) is 5.75 Å². The average molecular weight is 404 g/mol. The Kier molecular flexibility index (Phi) is 5.63. The molecule has 0 bridgehead atoms. The van der Waals surface area contributed by atoms with Gasteiger partial charge in [0.15, 0.2) is 5.76 Å². The summed E-state index contributed by atoms with van der Waals surface area (Å²) in [6.45, 7) is 5.91. The van der Waals surface area contributed by atoms with Gasteiger partial charge in [-0.05, 0) is 63.4 Å². The highest BCUT2D eigenvalue weighted by Gasteiger charge is 2.08. The summed E-state index contributed by atoms with van der Waals surface area (Å²) < 4.78 is 12.6. The number of rotatable bonds is 6. The van der Waals surface area contributed by atoms with Gasteiger partial charge in [-0.3, -0.25) is 0 Å². The summed E-state index contributed by atoms with van der Waals surface area (Å²) in [6.07, 6.45) is 0. The van der Waals surface area contributed by atoms with Crippen molar-refractivity contribution in [2.45, 2.75) is 26.9 Å². The van der Waals surface area contributed by atoms with Gasteiger partial charge in [-0.25, -0.2) is 0 Å². The first-order valence-corrected chi connectivity index (χ1v) is 7.92. The Morgan fingerprint density at radius 2 is 1.90 bits per heavy atom. The third kappa shape index (κ3) is 4.07. The van der Waals surface area contributed by atoms with Gasteiger partial charge >= 0.3 is 0 Å². The van der Waals surface area contributed by atoms with Crippen LogP contribution in [-0.4, -0.2) is 11.8 Å². The van der Waals surface area contributed by atoms with E-state index in [1.165, 1.54) is 0 Å². The van der Waals surface area contributed by atoms with Gasteiger partial charge < -0.3 is 14.6 Å². The summed E-state index contributed by atoms with van der Waals surface area (Å²) >= 11 is 7.06. The van der Waals surface area contributed by atoms with E-state index >= 15 is 0 Å². The largest absolute Gasteiger partial charge is 0.492 e. The summed E-state index contributed by atoms with van der Waals surface area (Å²) in [7, 11) is 0. The lowest BCUT2D eigenvalue weighted by atomic mass is 10.2. The fourth-order valence-electron chi connectivity index (χ4n) is 1.83. The number of halogens is 2. The van der Waals surface area contributed by atoms with Crippen LogP contribution in [0.2, 0.25) is 0 Å². The lowest BCUT2D eigenvalue weighted by Gasteiger charge is -2.11. The highest BCUT2D eigenvalue weighted by molar-refractivity contribution is 9.11. The van der Waals surface area contributed by atoms with Crippen LogP contribution >= 0.6 is 31.9 Å². The molecule has 2 aromatic rings. The molecule has 1 aromatic heterocycles. The van der Waals surface area contributed by atoms with Crippen LogP contribution in [0.15, 0.2) is 31.7 Å². The number of nitrogens with one attached hydrogen (secondary N) is 1. The molecular weight excluding hydrogens is 388 g/mol.